The highest BCUT2D eigenvalue weighted by Crippen LogP contribution is 2.20. The van der Waals surface area contributed by atoms with E-state index in [4.69, 9.17) is 5.73 Å². The van der Waals surface area contributed by atoms with E-state index in [1.54, 1.807) is 0 Å². The Morgan fingerprint density at radius 3 is 2.54 bits per heavy atom. The van der Waals surface area contributed by atoms with Crippen LogP contribution in [0, 0.1) is 19.8 Å². The first-order valence-corrected chi connectivity index (χ1v) is 8.75. The molecule has 0 aromatic heterocycles. The number of nitrogens with zero attached hydrogens (tertiary/aromatic N) is 1. The van der Waals surface area contributed by atoms with Crippen LogP contribution in [0.5, 0.6) is 0 Å². The number of urea groups is 1. The average molecular weight is 331 g/mol. The van der Waals surface area contributed by atoms with Gasteiger partial charge in [-0.2, -0.15) is 0 Å². The molecule has 1 heterocycles. The number of rotatable bonds is 5. The van der Waals surface area contributed by atoms with Gasteiger partial charge in [-0.1, -0.05) is 23.8 Å². The predicted octanol–water partition coefficient (Wildman–Crippen LogP) is 2.53. The maximum absolute atomic E-state index is 12.4. The van der Waals surface area contributed by atoms with Crippen molar-refractivity contribution in [2.24, 2.45) is 11.7 Å². The number of benzene rings is 1. The molecular formula is C19H29N3O2. The molecule has 1 saturated heterocycles. The zero-order chi connectivity index (χ0) is 17.7. The van der Waals surface area contributed by atoms with E-state index < -0.39 is 0 Å². The van der Waals surface area contributed by atoms with E-state index in [1.807, 2.05) is 11.8 Å². The van der Waals surface area contributed by atoms with Gasteiger partial charge in [-0.15, -0.1) is 0 Å². The molecule has 0 unspecified atom stereocenters. The Hall–Kier alpha value is -2.04. The zero-order valence-corrected chi connectivity index (χ0v) is 15.0. The van der Waals surface area contributed by atoms with E-state index in [-0.39, 0.29) is 18.0 Å². The molecule has 0 spiro atoms. The summed E-state index contributed by atoms with van der Waals surface area (Å²) in [6.45, 7) is 7.63. The number of carbonyl (C=O) groups is 2. The predicted molar refractivity (Wildman–Crippen MR) is 95.7 cm³/mol. The van der Waals surface area contributed by atoms with Crippen LogP contribution in [0.4, 0.5) is 4.79 Å². The molecule has 1 aromatic carbocycles. The molecule has 0 aliphatic carbocycles. The number of carbonyl (C=O) groups excluding carboxylic acids is 2. The smallest absolute Gasteiger partial charge is 0.317 e. The molecule has 1 aromatic rings. The average Bonchev–Trinajstić information content (AvgIpc) is 2.50. The van der Waals surface area contributed by atoms with Crippen LogP contribution >= 0.6 is 0 Å². The molecule has 5 heteroatoms. The minimum Gasteiger partial charge on any atom is -0.370 e. The summed E-state index contributed by atoms with van der Waals surface area (Å²) >= 11 is 0. The fraction of sp³-hybridized carbons (Fsp3) is 0.579. The maximum Gasteiger partial charge on any atom is 0.317 e. The molecule has 1 aliphatic rings. The van der Waals surface area contributed by atoms with Crippen LogP contribution in [0.3, 0.4) is 0 Å². The van der Waals surface area contributed by atoms with Crippen molar-refractivity contribution in [3.8, 4) is 0 Å². The van der Waals surface area contributed by atoms with Crippen LogP contribution in [0.15, 0.2) is 18.2 Å². The van der Waals surface area contributed by atoms with E-state index in [1.165, 1.54) is 16.7 Å². The number of nitrogens with two attached hydrogens (primary N) is 1. The van der Waals surface area contributed by atoms with Gasteiger partial charge in [0.25, 0.3) is 0 Å². The summed E-state index contributed by atoms with van der Waals surface area (Å²) in [5.41, 5.74) is 9.04. The summed E-state index contributed by atoms with van der Waals surface area (Å²) in [7, 11) is 0. The van der Waals surface area contributed by atoms with Crippen molar-refractivity contribution >= 4 is 11.9 Å². The molecule has 5 nitrogen and oxygen atoms in total. The van der Waals surface area contributed by atoms with E-state index in [2.05, 4.69) is 37.4 Å². The number of likely N-dealkylation sites (tertiary alicyclic amines) is 1. The van der Waals surface area contributed by atoms with E-state index in [0.717, 1.165) is 19.3 Å². The van der Waals surface area contributed by atoms with E-state index in [0.29, 0.717) is 25.4 Å². The SMILES string of the molecule is Cc1ccc(C[C@@H](C)NC(=O)N2CCC(CC(N)=O)CC2)c(C)c1. The molecule has 3 N–H and O–H groups in total. The van der Waals surface area contributed by atoms with Crippen molar-refractivity contribution in [3.63, 3.8) is 0 Å². The monoisotopic (exact) mass is 331 g/mol. The van der Waals surface area contributed by atoms with Crippen molar-refractivity contribution in [1.29, 1.82) is 0 Å². The summed E-state index contributed by atoms with van der Waals surface area (Å²) in [6, 6.07) is 6.50. The second kappa shape index (κ2) is 8.18. The molecular weight excluding hydrogens is 302 g/mol. The summed E-state index contributed by atoms with van der Waals surface area (Å²) in [5.74, 6) is 0.0687. The number of hydrogen-bond donors (Lipinski definition) is 2. The molecule has 3 amide bonds. The van der Waals surface area contributed by atoms with Gasteiger partial charge < -0.3 is 16.0 Å². The van der Waals surface area contributed by atoms with Gasteiger partial charge in [-0.05, 0) is 57.1 Å². The molecule has 132 valence electrons. The number of aryl methyl sites for hydroxylation is 2. The Morgan fingerprint density at radius 2 is 1.96 bits per heavy atom. The van der Waals surface area contributed by atoms with Crippen LogP contribution in [-0.2, 0) is 11.2 Å². The summed E-state index contributed by atoms with van der Waals surface area (Å²) in [5, 5.41) is 3.09. The topological polar surface area (TPSA) is 75.4 Å². The molecule has 1 atom stereocenters. The third-order valence-electron chi connectivity index (χ3n) is 4.79. The summed E-state index contributed by atoms with van der Waals surface area (Å²) < 4.78 is 0. The molecule has 24 heavy (non-hydrogen) atoms. The third kappa shape index (κ3) is 5.25. The lowest BCUT2D eigenvalue weighted by Gasteiger charge is -2.32. The first-order chi connectivity index (χ1) is 11.3. The van der Waals surface area contributed by atoms with E-state index in [9.17, 15) is 9.59 Å². The van der Waals surface area contributed by atoms with Crippen LogP contribution in [-0.4, -0.2) is 36.0 Å². The fourth-order valence-corrected chi connectivity index (χ4v) is 3.38. The van der Waals surface area contributed by atoms with Crippen LogP contribution in [0.2, 0.25) is 0 Å². The standard InChI is InChI=1S/C19H29N3O2/c1-13-4-5-17(14(2)10-13)11-15(3)21-19(24)22-8-6-16(7-9-22)12-18(20)23/h4-5,10,15-16H,6-9,11-12H2,1-3H3,(H2,20,23)(H,21,24)/t15-/m1/s1. The Bertz CT molecular complexity index is 592. The Morgan fingerprint density at radius 1 is 1.29 bits per heavy atom. The Balaban J connectivity index is 1.80. The normalized spacial score (nSPS) is 16.7. The van der Waals surface area contributed by atoms with Gasteiger partial charge in [0.05, 0.1) is 0 Å². The highest BCUT2D eigenvalue weighted by molar-refractivity contribution is 5.75. The molecule has 2 rings (SSSR count). The molecule has 0 saturated carbocycles. The van der Waals surface area contributed by atoms with Gasteiger partial charge in [-0.25, -0.2) is 4.79 Å². The first kappa shape index (κ1) is 18.3. The van der Waals surface area contributed by atoms with Crippen molar-refractivity contribution in [2.45, 2.75) is 52.5 Å². The number of nitrogens with one attached hydrogen (secondary N) is 1. The second-order valence-corrected chi connectivity index (χ2v) is 7.09. The largest absolute Gasteiger partial charge is 0.370 e. The van der Waals surface area contributed by atoms with Crippen molar-refractivity contribution < 1.29 is 9.59 Å². The highest BCUT2D eigenvalue weighted by atomic mass is 16.2. The molecule has 1 fully saturated rings. The van der Waals surface area contributed by atoms with Crippen LogP contribution < -0.4 is 11.1 Å². The number of piperidine rings is 1. The zero-order valence-electron chi connectivity index (χ0n) is 15.0. The Labute approximate surface area is 144 Å². The molecule has 0 radical (unpaired) electrons. The number of amides is 3. The lowest BCUT2D eigenvalue weighted by atomic mass is 9.93. The van der Waals surface area contributed by atoms with Crippen molar-refractivity contribution in [2.75, 3.05) is 13.1 Å². The van der Waals surface area contributed by atoms with Gasteiger partial charge in [0.2, 0.25) is 5.91 Å². The number of hydrogen-bond acceptors (Lipinski definition) is 2. The first-order valence-electron chi connectivity index (χ1n) is 8.75. The van der Waals surface area contributed by atoms with E-state index >= 15 is 0 Å². The van der Waals surface area contributed by atoms with Crippen LogP contribution in [0.25, 0.3) is 0 Å². The quantitative estimate of drug-likeness (QED) is 0.870. The number of primary amides is 1. The third-order valence-corrected chi connectivity index (χ3v) is 4.79. The van der Waals surface area contributed by atoms with Gasteiger partial charge in [0.1, 0.15) is 0 Å². The minimum absolute atomic E-state index is 0.00945. The lowest BCUT2D eigenvalue weighted by Crippen LogP contribution is -2.48. The van der Waals surface area contributed by atoms with Gasteiger partial charge >= 0.3 is 6.03 Å². The Kier molecular flexibility index (Phi) is 6.23. The van der Waals surface area contributed by atoms with Gasteiger partial charge in [0, 0.05) is 25.6 Å². The molecule has 1 aliphatic heterocycles. The molecule has 0 bridgehead atoms. The summed E-state index contributed by atoms with van der Waals surface area (Å²) in [6.07, 6.45) is 2.96. The fourth-order valence-electron chi connectivity index (χ4n) is 3.38. The van der Waals surface area contributed by atoms with Gasteiger partial charge in [0.15, 0.2) is 0 Å². The highest BCUT2D eigenvalue weighted by Gasteiger charge is 2.24. The minimum atomic E-state index is -0.250. The maximum atomic E-state index is 12.4. The van der Waals surface area contributed by atoms with Crippen molar-refractivity contribution in [3.05, 3.63) is 34.9 Å². The van der Waals surface area contributed by atoms with Crippen molar-refractivity contribution in [1.82, 2.24) is 10.2 Å². The lowest BCUT2D eigenvalue weighted by molar-refractivity contribution is -0.119. The second-order valence-electron chi connectivity index (χ2n) is 7.09. The summed E-state index contributed by atoms with van der Waals surface area (Å²) in [4.78, 5) is 25.2. The van der Waals surface area contributed by atoms with Gasteiger partial charge in [-0.3, -0.25) is 4.79 Å². The van der Waals surface area contributed by atoms with Crippen LogP contribution in [0.1, 0.15) is 42.9 Å².